The van der Waals surface area contributed by atoms with Crippen molar-refractivity contribution in [3.05, 3.63) is 87.0 Å². The largest absolute Gasteiger partial charge is 0.436 e. The zero-order chi connectivity index (χ0) is 23.7. The van der Waals surface area contributed by atoms with Gasteiger partial charge in [-0.05, 0) is 80.5 Å². The molecule has 4 rings (SSSR count). The van der Waals surface area contributed by atoms with Crippen LogP contribution < -0.4 is 10.6 Å². The van der Waals surface area contributed by atoms with E-state index in [4.69, 9.17) is 16.6 Å². The molecule has 0 saturated carbocycles. The Bertz CT molecular complexity index is 1430. The van der Waals surface area contributed by atoms with Gasteiger partial charge in [-0.1, -0.05) is 12.1 Å². The second kappa shape index (κ2) is 8.79. The predicted molar refractivity (Wildman–Crippen MR) is 130 cm³/mol. The highest BCUT2D eigenvalue weighted by atomic mass is 32.1. The van der Waals surface area contributed by atoms with Gasteiger partial charge in [-0.2, -0.15) is 0 Å². The summed E-state index contributed by atoms with van der Waals surface area (Å²) >= 11 is 5.23. The molecule has 0 aliphatic heterocycles. The molecule has 0 unspecified atom stereocenters. The van der Waals surface area contributed by atoms with Crippen LogP contribution in [-0.4, -0.2) is 20.9 Å². The number of carbonyl (C=O) groups excluding carboxylic acids is 1. The number of hydrogen-bond acceptors (Lipinski definition) is 6. The molecule has 1 amide bonds. The Morgan fingerprint density at radius 3 is 2.48 bits per heavy atom. The summed E-state index contributed by atoms with van der Waals surface area (Å²) in [5.41, 5.74) is 5.58. The fraction of sp³-hybridized carbons (Fsp3) is 0.125. The van der Waals surface area contributed by atoms with Gasteiger partial charge in [0.25, 0.3) is 11.6 Å². The SMILES string of the molecule is Cc1ccc(-c2nc3cc(NC(=S)NC(=O)c4ccc(C)c([N+](=O)[O-])c4)ccc3o2)cc1C. The number of aryl methyl sites for hydroxylation is 3. The van der Waals surface area contributed by atoms with E-state index in [0.717, 1.165) is 11.1 Å². The molecular formula is C24H20N4O4S. The highest BCUT2D eigenvalue weighted by molar-refractivity contribution is 7.80. The zero-order valence-corrected chi connectivity index (χ0v) is 18.9. The van der Waals surface area contributed by atoms with Crippen molar-refractivity contribution in [3.8, 4) is 11.5 Å². The van der Waals surface area contributed by atoms with Crippen LogP contribution in [0.1, 0.15) is 27.0 Å². The highest BCUT2D eigenvalue weighted by Gasteiger charge is 2.16. The van der Waals surface area contributed by atoms with Gasteiger partial charge in [0.05, 0.1) is 4.92 Å². The number of aromatic nitrogens is 1. The fourth-order valence-electron chi connectivity index (χ4n) is 3.29. The quantitative estimate of drug-likeness (QED) is 0.236. The number of rotatable bonds is 4. The molecule has 2 N–H and O–H groups in total. The number of nitrogens with zero attached hydrogens (tertiary/aromatic N) is 2. The molecule has 166 valence electrons. The molecule has 33 heavy (non-hydrogen) atoms. The maximum atomic E-state index is 12.5. The van der Waals surface area contributed by atoms with Crippen molar-refractivity contribution >= 4 is 45.7 Å². The molecule has 8 nitrogen and oxygen atoms in total. The molecule has 0 fully saturated rings. The van der Waals surface area contributed by atoms with E-state index < -0.39 is 10.8 Å². The van der Waals surface area contributed by atoms with Crippen LogP contribution in [0.3, 0.4) is 0 Å². The second-order valence-electron chi connectivity index (χ2n) is 7.67. The van der Waals surface area contributed by atoms with Crippen molar-refractivity contribution in [2.45, 2.75) is 20.8 Å². The summed E-state index contributed by atoms with van der Waals surface area (Å²) < 4.78 is 5.87. The molecule has 0 radical (unpaired) electrons. The number of anilines is 1. The second-order valence-corrected chi connectivity index (χ2v) is 8.08. The molecule has 0 spiro atoms. The van der Waals surface area contributed by atoms with E-state index in [1.54, 1.807) is 25.1 Å². The number of nitro groups is 1. The molecule has 0 bridgehead atoms. The zero-order valence-electron chi connectivity index (χ0n) is 18.1. The smallest absolute Gasteiger partial charge is 0.273 e. The highest BCUT2D eigenvalue weighted by Crippen LogP contribution is 2.27. The summed E-state index contributed by atoms with van der Waals surface area (Å²) in [4.78, 5) is 27.6. The lowest BCUT2D eigenvalue weighted by molar-refractivity contribution is -0.385. The van der Waals surface area contributed by atoms with Crippen LogP contribution in [-0.2, 0) is 0 Å². The topological polar surface area (TPSA) is 110 Å². The lowest BCUT2D eigenvalue weighted by Crippen LogP contribution is -2.34. The summed E-state index contributed by atoms with van der Waals surface area (Å²) in [6.07, 6.45) is 0. The van der Waals surface area contributed by atoms with Gasteiger partial charge in [-0.15, -0.1) is 0 Å². The average Bonchev–Trinajstić information content (AvgIpc) is 3.19. The molecule has 0 aliphatic carbocycles. The fourth-order valence-corrected chi connectivity index (χ4v) is 3.50. The number of thiocarbonyl (C=S) groups is 1. The van der Waals surface area contributed by atoms with E-state index in [-0.39, 0.29) is 16.4 Å². The van der Waals surface area contributed by atoms with E-state index in [0.29, 0.717) is 28.2 Å². The van der Waals surface area contributed by atoms with E-state index in [9.17, 15) is 14.9 Å². The summed E-state index contributed by atoms with van der Waals surface area (Å²) in [6.45, 7) is 5.69. The van der Waals surface area contributed by atoms with Crippen molar-refractivity contribution in [2.24, 2.45) is 0 Å². The molecular weight excluding hydrogens is 440 g/mol. The van der Waals surface area contributed by atoms with Crippen molar-refractivity contribution in [1.82, 2.24) is 10.3 Å². The minimum absolute atomic E-state index is 0.0560. The van der Waals surface area contributed by atoms with Crippen LogP contribution in [0.4, 0.5) is 11.4 Å². The third-order valence-corrected chi connectivity index (χ3v) is 5.50. The predicted octanol–water partition coefficient (Wildman–Crippen LogP) is 5.46. The standard InChI is InChI=1S/C24H20N4O4S/c1-13-4-7-17(10-15(13)3)23-26-19-12-18(8-9-21(19)32-23)25-24(33)27-22(29)16-6-5-14(2)20(11-16)28(30)31/h4-12H,1-3H3,(H2,25,27,29,33). The van der Waals surface area contributed by atoms with Gasteiger partial charge in [-0.3, -0.25) is 20.2 Å². The molecule has 3 aromatic carbocycles. The molecule has 0 atom stereocenters. The van der Waals surface area contributed by atoms with Crippen molar-refractivity contribution in [1.29, 1.82) is 0 Å². The first kappa shape index (κ1) is 22.1. The third kappa shape index (κ3) is 4.73. The van der Waals surface area contributed by atoms with Crippen LogP contribution in [0, 0.1) is 30.9 Å². The summed E-state index contributed by atoms with van der Waals surface area (Å²) in [5, 5.41) is 16.6. The maximum Gasteiger partial charge on any atom is 0.273 e. The number of nitrogens with one attached hydrogen (secondary N) is 2. The lowest BCUT2D eigenvalue weighted by Gasteiger charge is -2.09. The maximum absolute atomic E-state index is 12.5. The Hall–Kier alpha value is -4.11. The Morgan fingerprint density at radius 1 is 1.00 bits per heavy atom. The van der Waals surface area contributed by atoms with Crippen LogP contribution >= 0.6 is 12.2 Å². The van der Waals surface area contributed by atoms with Crippen molar-refractivity contribution < 1.29 is 14.1 Å². The van der Waals surface area contributed by atoms with Gasteiger partial charge in [0.2, 0.25) is 5.89 Å². The minimum atomic E-state index is -0.546. The summed E-state index contributed by atoms with van der Waals surface area (Å²) in [7, 11) is 0. The monoisotopic (exact) mass is 460 g/mol. The first-order chi connectivity index (χ1) is 15.7. The van der Waals surface area contributed by atoms with Crippen LogP contribution in [0.25, 0.3) is 22.6 Å². The van der Waals surface area contributed by atoms with Gasteiger partial charge in [-0.25, -0.2) is 4.98 Å². The molecule has 1 aromatic heterocycles. The van der Waals surface area contributed by atoms with Gasteiger partial charge < -0.3 is 9.73 Å². The number of fused-ring (bicyclic) bond motifs is 1. The van der Waals surface area contributed by atoms with Gasteiger partial charge in [0.1, 0.15) is 5.52 Å². The van der Waals surface area contributed by atoms with E-state index in [1.165, 1.54) is 23.8 Å². The molecule has 0 saturated heterocycles. The van der Waals surface area contributed by atoms with Crippen LogP contribution in [0.5, 0.6) is 0 Å². The number of carbonyl (C=O) groups is 1. The van der Waals surface area contributed by atoms with Gasteiger partial charge in [0.15, 0.2) is 10.7 Å². The first-order valence-corrected chi connectivity index (χ1v) is 10.5. The van der Waals surface area contributed by atoms with E-state index in [1.807, 2.05) is 32.0 Å². The number of oxazole rings is 1. The Labute approximate surface area is 194 Å². The molecule has 4 aromatic rings. The summed E-state index contributed by atoms with van der Waals surface area (Å²) in [5.74, 6) is -0.0303. The third-order valence-electron chi connectivity index (χ3n) is 5.29. The van der Waals surface area contributed by atoms with Crippen molar-refractivity contribution in [2.75, 3.05) is 5.32 Å². The lowest BCUT2D eigenvalue weighted by atomic mass is 10.1. The molecule has 1 heterocycles. The normalized spacial score (nSPS) is 10.8. The molecule has 9 heteroatoms. The number of benzene rings is 3. The number of nitro benzene ring substituents is 1. The number of amides is 1. The van der Waals surface area contributed by atoms with Gasteiger partial charge in [0, 0.05) is 28.4 Å². The average molecular weight is 461 g/mol. The van der Waals surface area contributed by atoms with Gasteiger partial charge >= 0.3 is 0 Å². The summed E-state index contributed by atoms with van der Waals surface area (Å²) in [6, 6.07) is 15.6. The van der Waals surface area contributed by atoms with E-state index >= 15 is 0 Å². The van der Waals surface area contributed by atoms with E-state index in [2.05, 4.69) is 15.6 Å². The Kier molecular flexibility index (Phi) is 5.89. The minimum Gasteiger partial charge on any atom is -0.436 e. The Balaban J connectivity index is 1.49. The Morgan fingerprint density at radius 2 is 1.76 bits per heavy atom. The van der Waals surface area contributed by atoms with Crippen molar-refractivity contribution in [3.63, 3.8) is 0 Å². The van der Waals surface area contributed by atoms with Crippen LogP contribution in [0.2, 0.25) is 0 Å². The first-order valence-electron chi connectivity index (χ1n) is 10.1. The molecule has 0 aliphatic rings. The number of hydrogen-bond donors (Lipinski definition) is 2. The van der Waals surface area contributed by atoms with Crippen LogP contribution in [0.15, 0.2) is 59.0 Å².